The zero-order valence-electron chi connectivity index (χ0n) is 9.16. The number of ether oxygens (including phenoxy) is 1. The summed E-state index contributed by atoms with van der Waals surface area (Å²) in [6.07, 6.45) is 0. The van der Waals surface area contributed by atoms with E-state index in [1.807, 2.05) is 0 Å². The van der Waals surface area contributed by atoms with Gasteiger partial charge in [-0.05, 0) is 24.3 Å². The van der Waals surface area contributed by atoms with Crippen LogP contribution in [0.4, 0.5) is 4.39 Å². The molecule has 0 unspecified atom stereocenters. The topological polar surface area (TPSA) is 29.5 Å². The summed E-state index contributed by atoms with van der Waals surface area (Å²) in [5.41, 5.74) is 0.567. The lowest BCUT2D eigenvalue weighted by Crippen LogP contribution is -1.94. The van der Waals surface area contributed by atoms with Crippen LogP contribution in [0, 0.1) is 5.82 Å². The van der Waals surface area contributed by atoms with Crippen molar-refractivity contribution < 1.29 is 14.2 Å². The van der Waals surface area contributed by atoms with Crippen LogP contribution in [0.2, 0.25) is 5.02 Å². The van der Waals surface area contributed by atoms with Crippen molar-refractivity contribution in [3.63, 3.8) is 0 Å². The van der Waals surface area contributed by atoms with E-state index in [9.17, 15) is 9.50 Å². The minimum absolute atomic E-state index is 0.00644. The second-order valence-electron chi connectivity index (χ2n) is 3.56. The fourth-order valence-electron chi connectivity index (χ4n) is 1.44. The fraction of sp³-hybridized carbons (Fsp3) is 0.0769. The zero-order chi connectivity index (χ0) is 13.1. The third-order valence-electron chi connectivity index (χ3n) is 2.34. The molecule has 1 N–H and O–H groups in total. The highest BCUT2D eigenvalue weighted by Gasteiger charge is 2.11. The van der Waals surface area contributed by atoms with Crippen molar-refractivity contribution in [2.45, 2.75) is 6.61 Å². The third-order valence-corrected chi connectivity index (χ3v) is 3.12. The number of hydrogen-bond donors (Lipinski definition) is 1. The average Bonchev–Trinajstić information content (AvgIpc) is 2.35. The van der Waals surface area contributed by atoms with Crippen molar-refractivity contribution in [2.75, 3.05) is 0 Å². The molecule has 5 heteroatoms. The van der Waals surface area contributed by atoms with Gasteiger partial charge < -0.3 is 9.84 Å². The minimum Gasteiger partial charge on any atom is -0.454 e. The Kier molecular flexibility index (Phi) is 4.22. The standard InChI is InChI=1S/C13H9BrClFO2/c14-9-5-4-8(7-17)12(6-9)18-11-3-1-2-10(15)13(11)16/h1-6,17H,7H2. The van der Waals surface area contributed by atoms with Gasteiger partial charge in [0.2, 0.25) is 0 Å². The Morgan fingerprint density at radius 1 is 1.22 bits per heavy atom. The number of benzene rings is 2. The van der Waals surface area contributed by atoms with Crippen LogP contribution in [0.15, 0.2) is 40.9 Å². The van der Waals surface area contributed by atoms with Gasteiger partial charge in [-0.25, -0.2) is 4.39 Å². The maximum absolute atomic E-state index is 13.7. The van der Waals surface area contributed by atoms with Crippen molar-refractivity contribution in [3.05, 3.63) is 57.3 Å². The van der Waals surface area contributed by atoms with Crippen LogP contribution in [0.5, 0.6) is 11.5 Å². The Morgan fingerprint density at radius 2 is 2.00 bits per heavy atom. The Hall–Kier alpha value is -1.10. The zero-order valence-corrected chi connectivity index (χ0v) is 11.5. The Balaban J connectivity index is 2.39. The van der Waals surface area contributed by atoms with E-state index in [-0.39, 0.29) is 17.4 Å². The first-order valence-electron chi connectivity index (χ1n) is 5.13. The molecule has 0 aliphatic rings. The minimum atomic E-state index is -0.622. The molecule has 0 spiro atoms. The molecule has 18 heavy (non-hydrogen) atoms. The van der Waals surface area contributed by atoms with E-state index in [1.54, 1.807) is 24.3 Å². The van der Waals surface area contributed by atoms with Crippen LogP contribution >= 0.6 is 27.5 Å². The lowest BCUT2D eigenvalue weighted by atomic mass is 10.2. The van der Waals surface area contributed by atoms with Crippen LogP contribution in [0.3, 0.4) is 0 Å². The average molecular weight is 332 g/mol. The highest BCUT2D eigenvalue weighted by atomic mass is 79.9. The molecule has 2 nitrogen and oxygen atoms in total. The molecule has 0 amide bonds. The molecule has 0 aliphatic heterocycles. The summed E-state index contributed by atoms with van der Waals surface area (Å²) in [7, 11) is 0. The summed E-state index contributed by atoms with van der Waals surface area (Å²) in [5, 5.41) is 9.19. The van der Waals surface area contributed by atoms with E-state index in [1.165, 1.54) is 12.1 Å². The largest absolute Gasteiger partial charge is 0.454 e. The molecule has 94 valence electrons. The molecule has 2 aromatic rings. The summed E-state index contributed by atoms with van der Waals surface area (Å²) < 4.78 is 19.9. The van der Waals surface area contributed by atoms with E-state index in [2.05, 4.69) is 15.9 Å². The summed E-state index contributed by atoms with van der Waals surface area (Å²) in [6.45, 7) is -0.190. The number of aliphatic hydroxyl groups excluding tert-OH is 1. The molecule has 0 bridgehead atoms. The van der Waals surface area contributed by atoms with Crippen LogP contribution in [0.25, 0.3) is 0 Å². The monoisotopic (exact) mass is 330 g/mol. The van der Waals surface area contributed by atoms with Gasteiger partial charge >= 0.3 is 0 Å². The predicted molar refractivity (Wildman–Crippen MR) is 71.5 cm³/mol. The molecule has 2 aromatic carbocycles. The molecule has 2 rings (SSSR count). The van der Waals surface area contributed by atoms with E-state index >= 15 is 0 Å². The van der Waals surface area contributed by atoms with Crippen LogP contribution < -0.4 is 4.74 Å². The Labute approximate surface area is 117 Å². The lowest BCUT2D eigenvalue weighted by Gasteiger charge is -2.11. The lowest BCUT2D eigenvalue weighted by molar-refractivity contribution is 0.276. The van der Waals surface area contributed by atoms with Crippen molar-refractivity contribution >= 4 is 27.5 Å². The molecule has 0 saturated carbocycles. The van der Waals surface area contributed by atoms with Gasteiger partial charge in [0.1, 0.15) is 5.75 Å². The summed E-state index contributed by atoms with van der Waals surface area (Å²) >= 11 is 8.96. The summed E-state index contributed by atoms with van der Waals surface area (Å²) in [6, 6.07) is 9.64. The van der Waals surface area contributed by atoms with Gasteiger partial charge in [-0.3, -0.25) is 0 Å². The van der Waals surface area contributed by atoms with Gasteiger partial charge in [-0.1, -0.05) is 39.7 Å². The van der Waals surface area contributed by atoms with Gasteiger partial charge in [-0.2, -0.15) is 0 Å². The first-order valence-corrected chi connectivity index (χ1v) is 6.30. The number of rotatable bonds is 3. The number of halogens is 3. The molecule has 0 aliphatic carbocycles. The van der Waals surface area contributed by atoms with Crippen molar-refractivity contribution in [2.24, 2.45) is 0 Å². The first-order chi connectivity index (χ1) is 8.61. The van der Waals surface area contributed by atoms with E-state index in [0.717, 1.165) is 4.47 Å². The van der Waals surface area contributed by atoms with E-state index in [4.69, 9.17) is 16.3 Å². The molecule has 0 radical (unpaired) electrons. The maximum Gasteiger partial charge on any atom is 0.184 e. The molecule has 0 atom stereocenters. The Morgan fingerprint density at radius 3 is 2.72 bits per heavy atom. The van der Waals surface area contributed by atoms with Crippen molar-refractivity contribution in [3.8, 4) is 11.5 Å². The fourth-order valence-corrected chi connectivity index (χ4v) is 1.94. The van der Waals surface area contributed by atoms with Gasteiger partial charge in [0.05, 0.1) is 11.6 Å². The third kappa shape index (κ3) is 2.83. The highest BCUT2D eigenvalue weighted by molar-refractivity contribution is 9.10. The Bertz CT molecular complexity index is 575. The molecule has 0 heterocycles. The van der Waals surface area contributed by atoms with E-state index in [0.29, 0.717) is 11.3 Å². The van der Waals surface area contributed by atoms with Gasteiger partial charge in [-0.15, -0.1) is 0 Å². The van der Waals surface area contributed by atoms with Gasteiger partial charge in [0.15, 0.2) is 11.6 Å². The quantitative estimate of drug-likeness (QED) is 0.895. The van der Waals surface area contributed by atoms with Gasteiger partial charge in [0.25, 0.3) is 0 Å². The normalized spacial score (nSPS) is 10.4. The summed E-state index contributed by atoms with van der Waals surface area (Å²) in [4.78, 5) is 0. The maximum atomic E-state index is 13.7. The smallest absolute Gasteiger partial charge is 0.184 e. The second kappa shape index (κ2) is 5.69. The second-order valence-corrected chi connectivity index (χ2v) is 4.89. The highest BCUT2D eigenvalue weighted by Crippen LogP contribution is 2.32. The SMILES string of the molecule is OCc1ccc(Br)cc1Oc1cccc(Cl)c1F. The first kappa shape index (κ1) is 13.3. The molecule has 0 aromatic heterocycles. The number of aliphatic hydroxyl groups is 1. The number of hydrogen-bond acceptors (Lipinski definition) is 2. The molecular formula is C13H9BrClFO2. The molecular weight excluding hydrogens is 322 g/mol. The van der Waals surface area contributed by atoms with Crippen molar-refractivity contribution in [1.29, 1.82) is 0 Å². The van der Waals surface area contributed by atoms with Crippen LogP contribution in [-0.4, -0.2) is 5.11 Å². The summed E-state index contributed by atoms with van der Waals surface area (Å²) in [5.74, 6) is -0.216. The molecule has 0 fully saturated rings. The van der Waals surface area contributed by atoms with Crippen LogP contribution in [0.1, 0.15) is 5.56 Å². The van der Waals surface area contributed by atoms with Crippen molar-refractivity contribution in [1.82, 2.24) is 0 Å². The van der Waals surface area contributed by atoms with Gasteiger partial charge in [0, 0.05) is 10.0 Å². The van der Waals surface area contributed by atoms with Crippen LogP contribution in [-0.2, 0) is 6.61 Å². The molecule has 0 saturated heterocycles. The van der Waals surface area contributed by atoms with E-state index < -0.39 is 5.82 Å². The predicted octanol–water partition coefficient (Wildman–Crippen LogP) is 4.53.